The van der Waals surface area contributed by atoms with E-state index in [1.165, 1.54) is 19.2 Å². The molecule has 2 rings (SSSR count). The van der Waals surface area contributed by atoms with Gasteiger partial charge in [-0.3, -0.25) is 35.3 Å². The second kappa shape index (κ2) is 9.67. The van der Waals surface area contributed by atoms with Crippen LogP contribution >= 0.6 is 0 Å². The van der Waals surface area contributed by atoms with Crippen molar-refractivity contribution in [2.75, 3.05) is 13.7 Å². The summed E-state index contributed by atoms with van der Waals surface area (Å²) in [6.07, 6.45) is -0.0214. The number of carbonyl (C=O) groups excluding carboxylic acids is 3. The van der Waals surface area contributed by atoms with Gasteiger partial charge in [0.2, 0.25) is 0 Å². The molecule has 28 heavy (non-hydrogen) atoms. The molecular formula is C18H17N3O7. The summed E-state index contributed by atoms with van der Waals surface area (Å²) in [5.74, 6) is -1.37. The molecule has 2 aromatic carbocycles. The van der Waals surface area contributed by atoms with Gasteiger partial charge in [0.25, 0.3) is 17.5 Å². The Morgan fingerprint density at radius 1 is 1.00 bits per heavy atom. The van der Waals surface area contributed by atoms with E-state index < -0.39 is 29.3 Å². The van der Waals surface area contributed by atoms with Crippen LogP contribution in [0.15, 0.2) is 48.5 Å². The van der Waals surface area contributed by atoms with Crippen molar-refractivity contribution in [3.63, 3.8) is 0 Å². The third-order valence-electron chi connectivity index (χ3n) is 3.53. The van der Waals surface area contributed by atoms with E-state index in [1.54, 1.807) is 24.3 Å². The molecule has 0 aliphatic carbocycles. The number of methoxy groups -OCH3 is 1. The van der Waals surface area contributed by atoms with Crippen molar-refractivity contribution < 1.29 is 28.8 Å². The fourth-order valence-electron chi connectivity index (χ4n) is 2.08. The van der Waals surface area contributed by atoms with Crippen molar-refractivity contribution in [1.82, 2.24) is 10.9 Å². The number of nitrogens with zero attached hydrogens (tertiary/aromatic N) is 1. The van der Waals surface area contributed by atoms with Gasteiger partial charge in [-0.05, 0) is 29.8 Å². The summed E-state index contributed by atoms with van der Waals surface area (Å²) in [6.45, 7) is -0.574. The van der Waals surface area contributed by atoms with Crippen LogP contribution in [0.2, 0.25) is 0 Å². The Labute approximate surface area is 159 Å². The molecule has 10 nitrogen and oxygen atoms in total. The topological polar surface area (TPSA) is 137 Å². The second-order valence-corrected chi connectivity index (χ2v) is 5.49. The first kappa shape index (κ1) is 20.4. The zero-order chi connectivity index (χ0) is 20.5. The molecular weight excluding hydrogens is 370 g/mol. The predicted octanol–water partition coefficient (Wildman–Crippen LogP) is 1.15. The van der Waals surface area contributed by atoms with Gasteiger partial charge < -0.3 is 9.47 Å². The van der Waals surface area contributed by atoms with Crippen molar-refractivity contribution in [2.24, 2.45) is 0 Å². The van der Waals surface area contributed by atoms with Crippen LogP contribution < -0.4 is 15.6 Å². The number of carbonyl (C=O) groups is 3. The van der Waals surface area contributed by atoms with E-state index in [0.717, 1.165) is 12.1 Å². The van der Waals surface area contributed by atoms with Crippen LogP contribution in [0.1, 0.15) is 15.9 Å². The molecule has 0 radical (unpaired) electrons. The largest absolute Gasteiger partial charge is 0.497 e. The molecule has 0 saturated carbocycles. The number of benzene rings is 2. The number of esters is 1. The van der Waals surface area contributed by atoms with Gasteiger partial charge in [0.05, 0.1) is 18.5 Å². The molecule has 10 heteroatoms. The minimum atomic E-state index is -0.738. The Bertz CT molecular complexity index is 864. The highest BCUT2D eigenvalue weighted by Gasteiger charge is 2.12. The van der Waals surface area contributed by atoms with Gasteiger partial charge in [-0.25, -0.2) is 0 Å². The molecule has 2 N–H and O–H groups in total. The Balaban J connectivity index is 1.73. The number of amides is 2. The summed E-state index contributed by atoms with van der Waals surface area (Å²) < 4.78 is 9.85. The van der Waals surface area contributed by atoms with Gasteiger partial charge in [0.1, 0.15) is 5.75 Å². The molecule has 2 amide bonds. The van der Waals surface area contributed by atoms with E-state index in [-0.39, 0.29) is 17.7 Å². The Hall–Kier alpha value is -3.95. The Morgan fingerprint density at radius 3 is 2.21 bits per heavy atom. The van der Waals surface area contributed by atoms with Gasteiger partial charge in [-0.1, -0.05) is 12.1 Å². The van der Waals surface area contributed by atoms with Crippen molar-refractivity contribution >= 4 is 23.5 Å². The highest BCUT2D eigenvalue weighted by atomic mass is 16.6. The smallest absolute Gasteiger partial charge is 0.310 e. The number of rotatable bonds is 7. The van der Waals surface area contributed by atoms with Crippen LogP contribution in [0.3, 0.4) is 0 Å². The summed E-state index contributed by atoms with van der Waals surface area (Å²) in [5, 5.41) is 10.6. The summed E-state index contributed by atoms with van der Waals surface area (Å²) in [6, 6.07) is 11.6. The van der Waals surface area contributed by atoms with E-state index in [9.17, 15) is 24.5 Å². The lowest BCUT2D eigenvalue weighted by molar-refractivity contribution is -0.384. The fourth-order valence-corrected chi connectivity index (χ4v) is 2.08. The SMILES string of the molecule is COc1ccc(CC(=O)OCC(=O)NNC(=O)c2ccc([N+](=O)[O-])cc2)cc1. The maximum atomic E-state index is 11.8. The predicted molar refractivity (Wildman–Crippen MR) is 96.4 cm³/mol. The monoisotopic (exact) mass is 387 g/mol. The lowest BCUT2D eigenvalue weighted by Gasteiger charge is -2.08. The van der Waals surface area contributed by atoms with Gasteiger partial charge in [0, 0.05) is 17.7 Å². The number of nitro benzene ring substituents is 1. The van der Waals surface area contributed by atoms with E-state index in [2.05, 4.69) is 10.9 Å². The molecule has 0 spiro atoms. The van der Waals surface area contributed by atoms with E-state index in [1.807, 2.05) is 0 Å². The first-order valence-electron chi connectivity index (χ1n) is 8.01. The standard InChI is InChI=1S/C18H17N3O7/c1-27-15-8-2-12(3-9-15)10-17(23)28-11-16(22)19-20-18(24)13-4-6-14(7-5-13)21(25)26/h2-9H,10-11H2,1H3,(H,19,22)(H,20,24). The van der Waals surface area contributed by atoms with Crippen LogP contribution in [-0.4, -0.2) is 36.4 Å². The highest BCUT2D eigenvalue weighted by Crippen LogP contribution is 2.12. The van der Waals surface area contributed by atoms with E-state index >= 15 is 0 Å². The van der Waals surface area contributed by atoms with E-state index in [4.69, 9.17) is 9.47 Å². The zero-order valence-corrected chi connectivity index (χ0v) is 14.8. The average Bonchev–Trinajstić information content (AvgIpc) is 2.71. The van der Waals surface area contributed by atoms with Crippen molar-refractivity contribution in [1.29, 1.82) is 0 Å². The summed E-state index contributed by atoms with van der Waals surface area (Å²) >= 11 is 0. The summed E-state index contributed by atoms with van der Waals surface area (Å²) in [4.78, 5) is 45.2. The molecule has 0 bridgehead atoms. The lowest BCUT2D eigenvalue weighted by atomic mass is 10.1. The molecule has 0 atom stereocenters. The minimum Gasteiger partial charge on any atom is -0.497 e. The van der Waals surface area contributed by atoms with Crippen LogP contribution in [0.4, 0.5) is 5.69 Å². The normalized spacial score (nSPS) is 9.89. The maximum absolute atomic E-state index is 11.8. The average molecular weight is 387 g/mol. The summed E-state index contributed by atoms with van der Waals surface area (Å²) in [5.41, 5.74) is 4.85. The fraction of sp³-hybridized carbons (Fsp3) is 0.167. The van der Waals surface area contributed by atoms with Crippen LogP contribution in [0.5, 0.6) is 5.75 Å². The molecule has 0 heterocycles. The minimum absolute atomic E-state index is 0.0214. The number of hydrazine groups is 1. The molecule has 0 aromatic heterocycles. The lowest BCUT2D eigenvalue weighted by Crippen LogP contribution is -2.43. The summed E-state index contributed by atoms with van der Waals surface area (Å²) in [7, 11) is 1.53. The number of hydrogen-bond acceptors (Lipinski definition) is 7. The molecule has 146 valence electrons. The third-order valence-corrected chi connectivity index (χ3v) is 3.53. The molecule has 0 unspecified atom stereocenters. The molecule has 0 fully saturated rings. The zero-order valence-electron chi connectivity index (χ0n) is 14.8. The van der Waals surface area contributed by atoms with Crippen LogP contribution in [0, 0.1) is 10.1 Å². The number of hydrogen-bond donors (Lipinski definition) is 2. The highest BCUT2D eigenvalue weighted by molar-refractivity contribution is 5.95. The Morgan fingerprint density at radius 2 is 1.64 bits per heavy atom. The molecule has 0 aliphatic rings. The number of nitrogens with one attached hydrogen (secondary N) is 2. The second-order valence-electron chi connectivity index (χ2n) is 5.49. The first-order valence-corrected chi connectivity index (χ1v) is 8.01. The first-order chi connectivity index (χ1) is 13.4. The number of non-ortho nitro benzene ring substituents is 1. The molecule has 0 aliphatic heterocycles. The molecule has 0 saturated heterocycles. The maximum Gasteiger partial charge on any atom is 0.310 e. The van der Waals surface area contributed by atoms with Gasteiger partial charge >= 0.3 is 5.97 Å². The third kappa shape index (κ3) is 6.09. The van der Waals surface area contributed by atoms with Crippen molar-refractivity contribution in [3.8, 4) is 5.75 Å². The van der Waals surface area contributed by atoms with E-state index in [0.29, 0.717) is 11.3 Å². The van der Waals surface area contributed by atoms with Crippen LogP contribution in [0.25, 0.3) is 0 Å². The number of ether oxygens (including phenoxy) is 2. The quantitative estimate of drug-likeness (QED) is 0.413. The number of nitro groups is 1. The van der Waals surface area contributed by atoms with Gasteiger partial charge in [-0.15, -0.1) is 0 Å². The Kier molecular flexibility index (Phi) is 7.03. The molecule has 2 aromatic rings. The van der Waals surface area contributed by atoms with Crippen LogP contribution in [-0.2, 0) is 20.7 Å². The van der Waals surface area contributed by atoms with Gasteiger partial charge in [-0.2, -0.15) is 0 Å². The van der Waals surface area contributed by atoms with Crippen molar-refractivity contribution in [2.45, 2.75) is 6.42 Å². The van der Waals surface area contributed by atoms with Crippen molar-refractivity contribution in [3.05, 3.63) is 69.8 Å². The van der Waals surface area contributed by atoms with Gasteiger partial charge in [0.15, 0.2) is 6.61 Å².